The van der Waals surface area contributed by atoms with Crippen molar-refractivity contribution in [2.45, 2.75) is 6.92 Å². The Morgan fingerprint density at radius 3 is 2.27 bits per heavy atom. The zero-order valence-electron chi connectivity index (χ0n) is 7.23. The molecular weight excluding hydrogens is 136 g/mol. The normalized spacial score (nSPS) is 9.36. The molecule has 0 aliphatic carbocycles. The van der Waals surface area contributed by atoms with E-state index in [0.717, 1.165) is 5.69 Å². The van der Waals surface area contributed by atoms with Crippen LogP contribution in [0, 0.1) is 6.92 Å². The Labute approximate surface area is 67.6 Å². The average molecular weight is 150 g/mol. The van der Waals surface area contributed by atoms with Crippen molar-refractivity contribution in [3.8, 4) is 0 Å². The maximum absolute atomic E-state index is 3.12. The third-order valence-electron chi connectivity index (χ3n) is 1.78. The summed E-state index contributed by atoms with van der Waals surface area (Å²) >= 11 is 0. The van der Waals surface area contributed by atoms with Crippen molar-refractivity contribution in [3.05, 3.63) is 23.8 Å². The molecule has 0 saturated carbocycles. The fourth-order valence-electron chi connectivity index (χ4n) is 1.10. The molecule has 1 aromatic rings. The molecule has 1 rings (SSSR count). The Kier molecular flexibility index (Phi) is 2.36. The summed E-state index contributed by atoms with van der Waals surface area (Å²) in [6.07, 6.45) is 0. The minimum Gasteiger partial charge on any atom is -0.388 e. The highest BCUT2D eigenvalue weighted by Crippen LogP contribution is 2.18. The van der Waals surface area contributed by atoms with Gasteiger partial charge in [-0.3, -0.25) is 0 Å². The largest absolute Gasteiger partial charge is 0.388 e. The first-order chi connectivity index (χ1) is 5.27. The summed E-state index contributed by atoms with van der Waals surface area (Å²) in [6.45, 7) is 2.09. The number of nitrogens with one attached hydrogen (secondary N) is 2. The molecular formula is C9H14N2. The summed E-state index contributed by atoms with van der Waals surface area (Å²) in [5.74, 6) is 0. The molecule has 2 nitrogen and oxygen atoms in total. The highest BCUT2D eigenvalue weighted by atomic mass is 14.8. The minimum atomic E-state index is 1.15. The fraction of sp³-hybridized carbons (Fsp3) is 0.333. The molecule has 0 saturated heterocycles. The zero-order chi connectivity index (χ0) is 8.27. The SMILES string of the molecule is CNc1ccc(NC)c(C)c1. The van der Waals surface area contributed by atoms with Gasteiger partial charge in [0.15, 0.2) is 0 Å². The maximum atomic E-state index is 3.12. The first-order valence-electron chi connectivity index (χ1n) is 3.74. The van der Waals surface area contributed by atoms with Crippen LogP contribution in [0.3, 0.4) is 0 Å². The highest BCUT2D eigenvalue weighted by Gasteiger charge is 1.94. The van der Waals surface area contributed by atoms with Gasteiger partial charge in [0.2, 0.25) is 0 Å². The van der Waals surface area contributed by atoms with E-state index in [1.165, 1.54) is 11.3 Å². The van der Waals surface area contributed by atoms with Crippen molar-refractivity contribution < 1.29 is 0 Å². The lowest BCUT2D eigenvalue weighted by atomic mass is 10.2. The number of anilines is 2. The molecule has 0 heterocycles. The van der Waals surface area contributed by atoms with Crippen LogP contribution in [0.2, 0.25) is 0 Å². The van der Waals surface area contributed by atoms with Gasteiger partial charge in [-0.05, 0) is 30.7 Å². The second-order valence-corrected chi connectivity index (χ2v) is 2.53. The van der Waals surface area contributed by atoms with Crippen LogP contribution in [-0.4, -0.2) is 14.1 Å². The number of benzene rings is 1. The summed E-state index contributed by atoms with van der Waals surface area (Å²) in [5, 5.41) is 6.21. The molecule has 0 aliphatic heterocycles. The van der Waals surface area contributed by atoms with E-state index in [9.17, 15) is 0 Å². The van der Waals surface area contributed by atoms with Crippen molar-refractivity contribution in [3.63, 3.8) is 0 Å². The Morgan fingerprint density at radius 1 is 1.09 bits per heavy atom. The van der Waals surface area contributed by atoms with Crippen LogP contribution in [0.15, 0.2) is 18.2 Å². The molecule has 0 radical (unpaired) electrons. The molecule has 0 aliphatic rings. The smallest absolute Gasteiger partial charge is 0.0368 e. The Balaban J connectivity index is 2.99. The summed E-state index contributed by atoms with van der Waals surface area (Å²) in [4.78, 5) is 0. The average Bonchev–Trinajstić information content (AvgIpc) is 2.04. The van der Waals surface area contributed by atoms with Gasteiger partial charge in [-0.25, -0.2) is 0 Å². The molecule has 60 valence electrons. The van der Waals surface area contributed by atoms with Gasteiger partial charge < -0.3 is 10.6 Å². The first-order valence-corrected chi connectivity index (χ1v) is 3.74. The zero-order valence-corrected chi connectivity index (χ0v) is 7.23. The van der Waals surface area contributed by atoms with E-state index in [2.05, 4.69) is 35.8 Å². The molecule has 0 spiro atoms. The molecule has 2 heteroatoms. The number of aryl methyl sites for hydroxylation is 1. The van der Waals surface area contributed by atoms with Crippen LogP contribution in [0.25, 0.3) is 0 Å². The van der Waals surface area contributed by atoms with E-state index >= 15 is 0 Å². The van der Waals surface area contributed by atoms with Gasteiger partial charge in [-0.15, -0.1) is 0 Å². The first kappa shape index (κ1) is 7.92. The fourth-order valence-corrected chi connectivity index (χ4v) is 1.10. The molecule has 1 aromatic carbocycles. The van der Waals surface area contributed by atoms with Crippen molar-refractivity contribution in [2.75, 3.05) is 24.7 Å². The summed E-state index contributed by atoms with van der Waals surface area (Å²) in [6, 6.07) is 6.24. The summed E-state index contributed by atoms with van der Waals surface area (Å²) < 4.78 is 0. The quantitative estimate of drug-likeness (QED) is 0.674. The van der Waals surface area contributed by atoms with Crippen molar-refractivity contribution in [2.24, 2.45) is 0 Å². The van der Waals surface area contributed by atoms with E-state index in [-0.39, 0.29) is 0 Å². The number of rotatable bonds is 2. The van der Waals surface area contributed by atoms with Gasteiger partial charge in [-0.2, -0.15) is 0 Å². The second-order valence-electron chi connectivity index (χ2n) is 2.53. The molecule has 0 aromatic heterocycles. The van der Waals surface area contributed by atoms with Gasteiger partial charge in [0.25, 0.3) is 0 Å². The van der Waals surface area contributed by atoms with Crippen LogP contribution in [-0.2, 0) is 0 Å². The standard InChI is InChI=1S/C9H14N2/c1-7-6-8(10-2)4-5-9(7)11-3/h4-6,10-11H,1-3H3. The second kappa shape index (κ2) is 3.28. The molecule has 0 bridgehead atoms. The number of hydrogen-bond acceptors (Lipinski definition) is 2. The molecule has 2 N–H and O–H groups in total. The van der Waals surface area contributed by atoms with Gasteiger partial charge in [-0.1, -0.05) is 0 Å². The van der Waals surface area contributed by atoms with E-state index in [1.807, 2.05) is 14.1 Å². The lowest BCUT2D eigenvalue weighted by Crippen LogP contribution is -1.93. The molecule has 0 amide bonds. The van der Waals surface area contributed by atoms with Crippen molar-refractivity contribution >= 4 is 11.4 Å². The van der Waals surface area contributed by atoms with E-state index < -0.39 is 0 Å². The maximum Gasteiger partial charge on any atom is 0.0368 e. The van der Waals surface area contributed by atoms with Gasteiger partial charge in [0, 0.05) is 25.5 Å². The van der Waals surface area contributed by atoms with Crippen LogP contribution in [0.4, 0.5) is 11.4 Å². The summed E-state index contributed by atoms with van der Waals surface area (Å²) in [7, 11) is 3.86. The molecule has 0 fully saturated rings. The third-order valence-corrected chi connectivity index (χ3v) is 1.78. The lowest BCUT2D eigenvalue weighted by Gasteiger charge is -2.06. The highest BCUT2D eigenvalue weighted by molar-refractivity contribution is 5.58. The lowest BCUT2D eigenvalue weighted by molar-refractivity contribution is 1.39. The molecule has 0 unspecified atom stereocenters. The topological polar surface area (TPSA) is 24.1 Å². The van der Waals surface area contributed by atoms with Crippen LogP contribution in [0.1, 0.15) is 5.56 Å². The monoisotopic (exact) mass is 150 g/mol. The van der Waals surface area contributed by atoms with Gasteiger partial charge >= 0.3 is 0 Å². The van der Waals surface area contributed by atoms with Crippen molar-refractivity contribution in [1.82, 2.24) is 0 Å². The Morgan fingerprint density at radius 2 is 1.82 bits per heavy atom. The minimum absolute atomic E-state index is 1.15. The third kappa shape index (κ3) is 1.64. The van der Waals surface area contributed by atoms with E-state index in [1.54, 1.807) is 0 Å². The molecule has 11 heavy (non-hydrogen) atoms. The Hall–Kier alpha value is -1.18. The number of hydrogen-bond donors (Lipinski definition) is 2. The van der Waals surface area contributed by atoms with Crippen LogP contribution in [0.5, 0.6) is 0 Å². The van der Waals surface area contributed by atoms with E-state index in [4.69, 9.17) is 0 Å². The van der Waals surface area contributed by atoms with E-state index in [0.29, 0.717) is 0 Å². The van der Waals surface area contributed by atoms with Crippen LogP contribution >= 0.6 is 0 Å². The molecule has 0 atom stereocenters. The Bertz CT molecular complexity index is 243. The van der Waals surface area contributed by atoms with Gasteiger partial charge in [0.05, 0.1) is 0 Å². The predicted molar refractivity (Wildman–Crippen MR) is 50.3 cm³/mol. The van der Waals surface area contributed by atoms with Crippen molar-refractivity contribution in [1.29, 1.82) is 0 Å². The summed E-state index contributed by atoms with van der Waals surface area (Å²) in [5.41, 5.74) is 3.60. The van der Waals surface area contributed by atoms with Crippen LogP contribution < -0.4 is 10.6 Å². The van der Waals surface area contributed by atoms with Gasteiger partial charge in [0.1, 0.15) is 0 Å². The predicted octanol–water partition coefficient (Wildman–Crippen LogP) is 2.08.